The van der Waals surface area contributed by atoms with Gasteiger partial charge in [0, 0.05) is 6.20 Å². The Kier molecular flexibility index (Phi) is 1.28. The van der Waals surface area contributed by atoms with Gasteiger partial charge in [-0.25, -0.2) is 9.67 Å². The first-order valence-corrected chi connectivity index (χ1v) is 2.30. The lowest BCUT2D eigenvalue weighted by atomic mass is 10.7. The summed E-state index contributed by atoms with van der Waals surface area (Å²) in [6.07, 6.45) is 2.89. The molecule has 1 heterocycles. The molecule has 0 aliphatic heterocycles. The lowest BCUT2D eigenvalue weighted by molar-refractivity contribution is 0.927. The standard InChI is InChI=1S/C5H4N4/c1-2-9-4-7-5(3-6)8-9/h2,4H,1H2. The smallest absolute Gasteiger partial charge is 0.228 e. The molecule has 1 rings (SSSR count). The second-order valence-corrected chi connectivity index (χ2v) is 1.34. The Bertz CT molecular complexity index is 254. The van der Waals surface area contributed by atoms with Crippen molar-refractivity contribution in [2.75, 3.05) is 0 Å². The number of hydrogen-bond acceptors (Lipinski definition) is 3. The number of nitriles is 1. The molecule has 0 saturated heterocycles. The maximum atomic E-state index is 8.22. The summed E-state index contributed by atoms with van der Waals surface area (Å²) in [5.74, 6) is 0.162. The summed E-state index contributed by atoms with van der Waals surface area (Å²) in [6, 6.07) is 1.79. The summed E-state index contributed by atoms with van der Waals surface area (Å²) in [7, 11) is 0. The zero-order chi connectivity index (χ0) is 6.69. The number of rotatable bonds is 1. The lowest BCUT2D eigenvalue weighted by Crippen LogP contribution is -1.84. The Morgan fingerprint density at radius 1 is 1.89 bits per heavy atom. The molecule has 0 bridgehead atoms. The number of hydrogen-bond donors (Lipinski definition) is 0. The molecule has 0 aliphatic carbocycles. The third-order valence-electron chi connectivity index (χ3n) is 0.796. The molecule has 0 spiro atoms. The molecule has 1 aromatic rings. The molecule has 4 nitrogen and oxygen atoms in total. The van der Waals surface area contributed by atoms with Crippen LogP contribution in [0.3, 0.4) is 0 Å². The van der Waals surface area contributed by atoms with Crippen LogP contribution in [0.2, 0.25) is 0 Å². The van der Waals surface area contributed by atoms with Crippen LogP contribution in [0.1, 0.15) is 5.82 Å². The summed E-state index contributed by atoms with van der Waals surface area (Å²) in [6.45, 7) is 3.43. The summed E-state index contributed by atoms with van der Waals surface area (Å²) in [5, 5.41) is 11.9. The highest BCUT2D eigenvalue weighted by atomic mass is 15.3. The van der Waals surface area contributed by atoms with Gasteiger partial charge in [-0.1, -0.05) is 6.58 Å². The van der Waals surface area contributed by atoms with Gasteiger partial charge in [-0.2, -0.15) is 5.26 Å². The first-order valence-electron chi connectivity index (χ1n) is 2.30. The van der Waals surface area contributed by atoms with Crippen molar-refractivity contribution in [1.29, 1.82) is 5.26 Å². The van der Waals surface area contributed by atoms with Gasteiger partial charge in [0.25, 0.3) is 5.82 Å². The molecule has 0 aromatic carbocycles. The predicted octanol–water partition coefficient (Wildman–Crippen LogP) is 0.250. The SMILES string of the molecule is C=Cn1cnc(C#N)n1. The second-order valence-electron chi connectivity index (χ2n) is 1.34. The predicted molar refractivity (Wildman–Crippen MR) is 31.1 cm³/mol. The van der Waals surface area contributed by atoms with Gasteiger partial charge in [-0.3, -0.25) is 0 Å². The van der Waals surface area contributed by atoms with E-state index in [1.165, 1.54) is 17.2 Å². The van der Waals surface area contributed by atoms with Crippen LogP contribution in [0.4, 0.5) is 0 Å². The molecule has 0 saturated carbocycles. The minimum Gasteiger partial charge on any atom is -0.228 e. The minimum atomic E-state index is 0.162. The topological polar surface area (TPSA) is 54.5 Å². The molecule has 0 radical (unpaired) electrons. The summed E-state index contributed by atoms with van der Waals surface area (Å²) >= 11 is 0. The van der Waals surface area contributed by atoms with Crippen molar-refractivity contribution >= 4 is 6.20 Å². The Labute approximate surface area is 52.1 Å². The molecule has 0 N–H and O–H groups in total. The molecule has 0 fully saturated rings. The van der Waals surface area contributed by atoms with Crippen molar-refractivity contribution < 1.29 is 0 Å². The van der Waals surface area contributed by atoms with Gasteiger partial charge in [-0.05, 0) is 0 Å². The lowest BCUT2D eigenvalue weighted by Gasteiger charge is -1.79. The quantitative estimate of drug-likeness (QED) is 0.533. The van der Waals surface area contributed by atoms with Gasteiger partial charge in [-0.15, -0.1) is 5.10 Å². The van der Waals surface area contributed by atoms with E-state index in [0.29, 0.717) is 0 Å². The summed E-state index contributed by atoms with van der Waals surface area (Å²) in [4.78, 5) is 3.62. The fourth-order valence-corrected chi connectivity index (χ4v) is 0.414. The molecule has 9 heavy (non-hydrogen) atoms. The van der Waals surface area contributed by atoms with Crippen molar-refractivity contribution in [2.24, 2.45) is 0 Å². The molecule has 1 aromatic heterocycles. The highest BCUT2D eigenvalue weighted by Gasteiger charge is 1.92. The van der Waals surface area contributed by atoms with E-state index in [-0.39, 0.29) is 5.82 Å². The second kappa shape index (κ2) is 2.09. The van der Waals surface area contributed by atoms with Gasteiger partial charge < -0.3 is 0 Å². The molecular weight excluding hydrogens is 116 g/mol. The monoisotopic (exact) mass is 120 g/mol. The number of nitrogens with zero attached hydrogens (tertiary/aromatic N) is 4. The summed E-state index contributed by atoms with van der Waals surface area (Å²) < 4.78 is 1.37. The Morgan fingerprint density at radius 2 is 2.67 bits per heavy atom. The van der Waals surface area contributed by atoms with Gasteiger partial charge in [0.1, 0.15) is 12.4 Å². The highest BCUT2D eigenvalue weighted by Crippen LogP contribution is 1.84. The third kappa shape index (κ3) is 0.941. The van der Waals surface area contributed by atoms with Crippen LogP contribution < -0.4 is 0 Å². The molecule has 0 unspecified atom stereocenters. The molecule has 0 amide bonds. The van der Waals surface area contributed by atoms with Crippen LogP contribution >= 0.6 is 0 Å². The first kappa shape index (κ1) is 5.51. The van der Waals surface area contributed by atoms with E-state index in [2.05, 4.69) is 16.7 Å². The van der Waals surface area contributed by atoms with Crippen molar-refractivity contribution in [3.05, 3.63) is 18.7 Å². The Morgan fingerprint density at radius 3 is 3.00 bits per heavy atom. The average molecular weight is 120 g/mol. The van der Waals surface area contributed by atoms with Crippen molar-refractivity contribution in [2.45, 2.75) is 0 Å². The molecule has 0 atom stereocenters. The zero-order valence-corrected chi connectivity index (χ0v) is 4.65. The van der Waals surface area contributed by atoms with E-state index < -0.39 is 0 Å². The number of aromatic nitrogens is 3. The Hall–Kier alpha value is -1.63. The maximum absolute atomic E-state index is 8.22. The molecule has 44 valence electrons. The third-order valence-corrected chi connectivity index (χ3v) is 0.796. The van der Waals surface area contributed by atoms with E-state index in [1.807, 2.05) is 0 Å². The van der Waals surface area contributed by atoms with Crippen LogP contribution in [0.15, 0.2) is 12.9 Å². The van der Waals surface area contributed by atoms with Crippen LogP contribution in [0, 0.1) is 11.3 Å². The molecule has 0 aliphatic rings. The minimum absolute atomic E-state index is 0.162. The zero-order valence-electron chi connectivity index (χ0n) is 4.65. The van der Waals surface area contributed by atoms with Crippen LogP contribution in [-0.2, 0) is 0 Å². The highest BCUT2D eigenvalue weighted by molar-refractivity contribution is 5.15. The van der Waals surface area contributed by atoms with Gasteiger partial charge in [0.2, 0.25) is 0 Å². The first-order chi connectivity index (χ1) is 4.36. The van der Waals surface area contributed by atoms with Gasteiger partial charge in [0.15, 0.2) is 0 Å². The van der Waals surface area contributed by atoms with E-state index >= 15 is 0 Å². The van der Waals surface area contributed by atoms with Gasteiger partial charge in [0.05, 0.1) is 0 Å². The van der Waals surface area contributed by atoms with Crippen LogP contribution in [-0.4, -0.2) is 14.8 Å². The van der Waals surface area contributed by atoms with E-state index in [0.717, 1.165) is 0 Å². The van der Waals surface area contributed by atoms with Crippen LogP contribution in [0.5, 0.6) is 0 Å². The van der Waals surface area contributed by atoms with E-state index in [9.17, 15) is 0 Å². The average Bonchev–Trinajstić information content (AvgIpc) is 2.34. The molecular formula is C5H4N4. The van der Waals surface area contributed by atoms with Crippen molar-refractivity contribution in [3.8, 4) is 6.07 Å². The van der Waals surface area contributed by atoms with E-state index in [1.54, 1.807) is 6.07 Å². The molecule has 4 heteroatoms. The fraction of sp³-hybridized carbons (Fsp3) is 0. The maximum Gasteiger partial charge on any atom is 0.252 e. The summed E-state index contributed by atoms with van der Waals surface area (Å²) in [5.41, 5.74) is 0. The normalized spacial score (nSPS) is 8.33. The van der Waals surface area contributed by atoms with Crippen LogP contribution in [0.25, 0.3) is 6.20 Å². The largest absolute Gasteiger partial charge is 0.252 e. The van der Waals surface area contributed by atoms with Crippen molar-refractivity contribution in [3.63, 3.8) is 0 Å². The van der Waals surface area contributed by atoms with Crippen molar-refractivity contribution in [1.82, 2.24) is 14.8 Å². The van der Waals surface area contributed by atoms with Gasteiger partial charge >= 0.3 is 0 Å². The van der Waals surface area contributed by atoms with E-state index in [4.69, 9.17) is 5.26 Å². The Balaban J connectivity index is 3.03. The fourth-order valence-electron chi connectivity index (χ4n) is 0.414.